The normalized spacial score (nSPS) is 36.0. The molecule has 0 heterocycles. The smallest absolute Gasteiger partial charge is 0.185 e. The lowest BCUT2D eigenvalue weighted by molar-refractivity contribution is 0.0294. The molecule has 0 amide bonds. The van der Waals surface area contributed by atoms with Crippen molar-refractivity contribution in [3.05, 3.63) is 35.9 Å². The van der Waals surface area contributed by atoms with Crippen LogP contribution in [0.15, 0.2) is 35.9 Å². The van der Waals surface area contributed by atoms with Gasteiger partial charge in [-0.2, -0.15) is 0 Å². The van der Waals surface area contributed by atoms with E-state index in [1.165, 1.54) is 51.0 Å². The van der Waals surface area contributed by atoms with Crippen molar-refractivity contribution in [2.24, 2.45) is 23.7 Å². The van der Waals surface area contributed by atoms with Crippen LogP contribution in [0.5, 0.6) is 0 Å². The first-order chi connectivity index (χ1) is 13.6. The highest BCUT2D eigenvalue weighted by Gasteiger charge is 2.36. The lowest BCUT2D eigenvalue weighted by Gasteiger charge is -2.42. The summed E-state index contributed by atoms with van der Waals surface area (Å²) in [4.78, 5) is 0. The molecule has 4 heteroatoms. The van der Waals surface area contributed by atoms with Crippen LogP contribution in [0.4, 0.5) is 8.78 Å². The van der Waals surface area contributed by atoms with E-state index in [1.54, 1.807) is 13.0 Å². The topological polar surface area (TPSA) is 18.5 Å². The minimum absolute atomic E-state index is 0.0539. The maximum atomic E-state index is 14.3. The number of ether oxygens (including phenoxy) is 2. The van der Waals surface area contributed by atoms with Crippen LogP contribution in [0.1, 0.15) is 65.2 Å². The van der Waals surface area contributed by atoms with Crippen molar-refractivity contribution in [2.75, 3.05) is 13.2 Å². The summed E-state index contributed by atoms with van der Waals surface area (Å²) in [5.41, 5.74) is 0. The predicted octanol–water partition coefficient (Wildman–Crippen LogP) is 6.69. The average molecular weight is 395 g/mol. The summed E-state index contributed by atoms with van der Waals surface area (Å²) in [6, 6.07) is 0. The van der Waals surface area contributed by atoms with Crippen LogP contribution in [0, 0.1) is 23.7 Å². The summed E-state index contributed by atoms with van der Waals surface area (Å²) in [6.07, 6.45) is 15.1. The van der Waals surface area contributed by atoms with Gasteiger partial charge in [-0.3, -0.25) is 0 Å². The van der Waals surface area contributed by atoms with Gasteiger partial charge in [0, 0.05) is 6.61 Å². The second kappa shape index (κ2) is 10.6. The van der Waals surface area contributed by atoms with Gasteiger partial charge in [0.15, 0.2) is 17.8 Å². The first-order valence-corrected chi connectivity index (χ1v) is 11.2. The van der Waals surface area contributed by atoms with E-state index in [4.69, 9.17) is 9.47 Å². The third-order valence-corrected chi connectivity index (χ3v) is 6.84. The highest BCUT2D eigenvalue weighted by Crippen LogP contribution is 2.46. The standard InChI is InChI=1S/C24H36F2O2/c1-3-5-6-7-17-8-10-20-15-18(9-11-19(20)14-17)16-28-22-13-12-21(27-4-2)23(25)24(22)26/h3,5,12-13,17-21,23H,4,6-11,14-16H2,1-2H3/b5-3+. The van der Waals surface area contributed by atoms with Crippen LogP contribution in [-0.4, -0.2) is 25.5 Å². The molecule has 2 fully saturated rings. The molecule has 3 rings (SSSR count). The quantitative estimate of drug-likeness (QED) is 0.427. The van der Waals surface area contributed by atoms with E-state index in [0.717, 1.165) is 24.2 Å². The Hall–Kier alpha value is -1.16. The molecule has 3 aliphatic carbocycles. The van der Waals surface area contributed by atoms with Gasteiger partial charge in [0.05, 0.1) is 6.61 Å². The zero-order valence-corrected chi connectivity index (χ0v) is 17.4. The Balaban J connectivity index is 1.44. The maximum Gasteiger partial charge on any atom is 0.185 e. The second-order valence-corrected chi connectivity index (χ2v) is 8.73. The zero-order valence-electron chi connectivity index (χ0n) is 17.4. The van der Waals surface area contributed by atoms with E-state index in [1.807, 2.05) is 0 Å². The SMILES string of the molecule is C/C=C/CCC1CCC2CC(COC3=C(F)C(F)C(OCC)C=C3)CCC2C1. The summed E-state index contributed by atoms with van der Waals surface area (Å²) in [5, 5.41) is 0. The predicted molar refractivity (Wildman–Crippen MR) is 109 cm³/mol. The van der Waals surface area contributed by atoms with Gasteiger partial charge in [0.25, 0.3) is 0 Å². The van der Waals surface area contributed by atoms with E-state index in [0.29, 0.717) is 19.1 Å². The molecule has 3 aliphatic rings. The highest BCUT2D eigenvalue weighted by molar-refractivity contribution is 5.27. The van der Waals surface area contributed by atoms with Crippen molar-refractivity contribution in [3.63, 3.8) is 0 Å². The van der Waals surface area contributed by atoms with Crippen molar-refractivity contribution >= 4 is 0 Å². The molecule has 0 aromatic heterocycles. The monoisotopic (exact) mass is 394 g/mol. The summed E-state index contributed by atoms with van der Waals surface area (Å²) < 4.78 is 39.3. The Bertz CT molecular complexity index is 583. The Morgan fingerprint density at radius 1 is 1.11 bits per heavy atom. The number of allylic oxidation sites excluding steroid dienone is 3. The van der Waals surface area contributed by atoms with Crippen LogP contribution >= 0.6 is 0 Å². The minimum Gasteiger partial charge on any atom is -0.490 e. The van der Waals surface area contributed by atoms with Gasteiger partial charge in [0.2, 0.25) is 0 Å². The molecule has 0 aromatic rings. The fraction of sp³-hybridized carbons (Fsp3) is 0.750. The van der Waals surface area contributed by atoms with Gasteiger partial charge in [0.1, 0.15) is 6.10 Å². The minimum atomic E-state index is -1.76. The molecule has 6 unspecified atom stereocenters. The fourth-order valence-electron chi connectivity index (χ4n) is 5.29. The Morgan fingerprint density at radius 3 is 2.54 bits per heavy atom. The number of rotatable bonds is 8. The zero-order chi connectivity index (χ0) is 19.9. The van der Waals surface area contributed by atoms with Crippen LogP contribution in [0.3, 0.4) is 0 Å². The Morgan fingerprint density at radius 2 is 1.82 bits per heavy atom. The third-order valence-electron chi connectivity index (χ3n) is 6.84. The molecule has 0 spiro atoms. The molecule has 6 atom stereocenters. The lowest BCUT2D eigenvalue weighted by Crippen LogP contribution is -2.33. The van der Waals surface area contributed by atoms with E-state index < -0.39 is 18.1 Å². The van der Waals surface area contributed by atoms with E-state index in [9.17, 15) is 8.78 Å². The maximum absolute atomic E-state index is 14.3. The molecule has 0 saturated heterocycles. The highest BCUT2D eigenvalue weighted by atomic mass is 19.2. The van der Waals surface area contributed by atoms with Gasteiger partial charge in [-0.05, 0) is 94.6 Å². The molecular formula is C24H36F2O2. The average Bonchev–Trinajstić information content (AvgIpc) is 2.71. The molecule has 0 bridgehead atoms. The van der Waals surface area contributed by atoms with E-state index in [-0.39, 0.29) is 5.76 Å². The van der Waals surface area contributed by atoms with Gasteiger partial charge in [-0.25, -0.2) is 8.78 Å². The Labute approximate surface area is 169 Å². The van der Waals surface area contributed by atoms with Gasteiger partial charge in [-0.15, -0.1) is 0 Å². The Kier molecular flexibility index (Phi) is 8.13. The number of hydrogen-bond acceptors (Lipinski definition) is 2. The van der Waals surface area contributed by atoms with E-state index >= 15 is 0 Å². The van der Waals surface area contributed by atoms with Gasteiger partial charge >= 0.3 is 0 Å². The molecule has 0 aromatic carbocycles. The molecule has 28 heavy (non-hydrogen) atoms. The summed E-state index contributed by atoms with van der Waals surface area (Å²) in [7, 11) is 0. The largest absolute Gasteiger partial charge is 0.490 e. The van der Waals surface area contributed by atoms with Crippen LogP contribution in [0.25, 0.3) is 0 Å². The van der Waals surface area contributed by atoms with Crippen LogP contribution < -0.4 is 0 Å². The number of hydrogen-bond donors (Lipinski definition) is 0. The van der Waals surface area contributed by atoms with Crippen LogP contribution in [-0.2, 0) is 9.47 Å². The summed E-state index contributed by atoms with van der Waals surface area (Å²) >= 11 is 0. The first-order valence-electron chi connectivity index (χ1n) is 11.2. The van der Waals surface area contributed by atoms with E-state index in [2.05, 4.69) is 19.1 Å². The summed E-state index contributed by atoms with van der Waals surface area (Å²) in [5.74, 6) is 2.22. The fourth-order valence-corrected chi connectivity index (χ4v) is 5.29. The van der Waals surface area contributed by atoms with Crippen molar-refractivity contribution in [1.82, 2.24) is 0 Å². The molecule has 0 N–H and O–H groups in total. The first kappa shape index (κ1) is 21.5. The van der Waals surface area contributed by atoms with Crippen LogP contribution in [0.2, 0.25) is 0 Å². The molecule has 158 valence electrons. The van der Waals surface area contributed by atoms with Gasteiger partial charge < -0.3 is 9.47 Å². The van der Waals surface area contributed by atoms with Crippen molar-refractivity contribution in [2.45, 2.75) is 77.5 Å². The van der Waals surface area contributed by atoms with Crippen molar-refractivity contribution < 1.29 is 18.3 Å². The number of alkyl halides is 1. The molecule has 2 nitrogen and oxygen atoms in total. The van der Waals surface area contributed by atoms with Crippen molar-refractivity contribution in [3.8, 4) is 0 Å². The molecule has 0 radical (unpaired) electrons. The molecular weight excluding hydrogens is 358 g/mol. The lowest BCUT2D eigenvalue weighted by atomic mass is 9.64. The third kappa shape index (κ3) is 5.46. The summed E-state index contributed by atoms with van der Waals surface area (Å²) in [6.45, 7) is 4.73. The molecule has 2 saturated carbocycles. The van der Waals surface area contributed by atoms with Crippen molar-refractivity contribution in [1.29, 1.82) is 0 Å². The number of fused-ring (bicyclic) bond motifs is 1. The van der Waals surface area contributed by atoms with Gasteiger partial charge in [-0.1, -0.05) is 18.6 Å². The second-order valence-electron chi connectivity index (χ2n) is 8.73. The number of halogens is 2. The molecule has 0 aliphatic heterocycles.